The molecule has 0 saturated heterocycles. The first-order valence-corrected chi connectivity index (χ1v) is 5.46. The van der Waals surface area contributed by atoms with Crippen LogP contribution in [-0.4, -0.2) is 27.3 Å². The molecule has 1 aromatic rings. The third kappa shape index (κ3) is 4.02. The van der Waals surface area contributed by atoms with Crippen LogP contribution in [-0.2, 0) is 11.2 Å². The molecular formula is C13H21NO. The van der Waals surface area contributed by atoms with Gasteiger partial charge in [-0.2, -0.15) is 0 Å². The van der Waals surface area contributed by atoms with E-state index in [1.807, 2.05) is 7.05 Å². The van der Waals surface area contributed by atoms with E-state index >= 15 is 0 Å². The molecule has 0 spiro atoms. The van der Waals surface area contributed by atoms with Crippen molar-refractivity contribution < 1.29 is 4.74 Å². The van der Waals surface area contributed by atoms with Crippen molar-refractivity contribution in [1.82, 2.24) is 5.32 Å². The largest absolute Gasteiger partial charge is 0.384 e. The predicted molar refractivity (Wildman–Crippen MR) is 64.2 cm³/mol. The van der Waals surface area contributed by atoms with Gasteiger partial charge >= 0.3 is 0 Å². The van der Waals surface area contributed by atoms with Crippen molar-refractivity contribution in [2.45, 2.75) is 13.3 Å². The smallest absolute Gasteiger partial charge is 0.0505 e. The van der Waals surface area contributed by atoms with Crippen LogP contribution in [0.5, 0.6) is 0 Å². The Morgan fingerprint density at radius 2 is 2.07 bits per heavy atom. The van der Waals surface area contributed by atoms with Gasteiger partial charge in [-0.05, 0) is 37.4 Å². The SMILES string of the molecule is CNCC(COC)Cc1ccccc1C. The minimum atomic E-state index is 0.557. The number of aryl methyl sites for hydroxylation is 1. The summed E-state index contributed by atoms with van der Waals surface area (Å²) in [5.41, 5.74) is 2.80. The lowest BCUT2D eigenvalue weighted by Gasteiger charge is -2.16. The molecule has 2 heteroatoms. The van der Waals surface area contributed by atoms with Gasteiger partial charge in [0.05, 0.1) is 6.61 Å². The lowest BCUT2D eigenvalue weighted by Crippen LogP contribution is -2.24. The van der Waals surface area contributed by atoms with Gasteiger partial charge in [0.2, 0.25) is 0 Å². The predicted octanol–water partition coefficient (Wildman–Crippen LogP) is 2.02. The fourth-order valence-electron chi connectivity index (χ4n) is 1.86. The monoisotopic (exact) mass is 207 g/mol. The summed E-state index contributed by atoms with van der Waals surface area (Å²) in [6.07, 6.45) is 1.08. The van der Waals surface area contributed by atoms with Gasteiger partial charge in [0, 0.05) is 13.7 Å². The highest BCUT2D eigenvalue weighted by molar-refractivity contribution is 5.25. The second kappa shape index (κ2) is 6.59. The Bertz CT molecular complexity index is 280. The summed E-state index contributed by atoms with van der Waals surface area (Å²) in [6, 6.07) is 8.56. The maximum atomic E-state index is 5.23. The Kier molecular flexibility index (Phi) is 5.37. The van der Waals surface area contributed by atoms with E-state index in [2.05, 4.69) is 36.5 Å². The summed E-state index contributed by atoms with van der Waals surface area (Å²) in [5.74, 6) is 0.557. The first kappa shape index (κ1) is 12.2. The van der Waals surface area contributed by atoms with E-state index in [-0.39, 0.29) is 0 Å². The second-order valence-electron chi connectivity index (χ2n) is 4.01. The molecule has 0 saturated carbocycles. The Morgan fingerprint density at radius 3 is 2.67 bits per heavy atom. The molecule has 1 unspecified atom stereocenters. The minimum Gasteiger partial charge on any atom is -0.384 e. The van der Waals surface area contributed by atoms with Gasteiger partial charge in [-0.25, -0.2) is 0 Å². The van der Waals surface area contributed by atoms with Crippen LogP contribution in [0.25, 0.3) is 0 Å². The highest BCUT2D eigenvalue weighted by atomic mass is 16.5. The lowest BCUT2D eigenvalue weighted by atomic mass is 9.96. The Labute approximate surface area is 92.6 Å². The van der Waals surface area contributed by atoms with E-state index in [1.54, 1.807) is 7.11 Å². The standard InChI is InChI=1S/C13H21NO/c1-11-6-4-5-7-13(11)8-12(9-14-2)10-15-3/h4-7,12,14H,8-10H2,1-3H3. The molecule has 0 aromatic heterocycles. The molecule has 0 fully saturated rings. The highest BCUT2D eigenvalue weighted by Crippen LogP contribution is 2.13. The molecule has 1 N–H and O–H groups in total. The number of hydrogen-bond acceptors (Lipinski definition) is 2. The fraction of sp³-hybridized carbons (Fsp3) is 0.538. The maximum absolute atomic E-state index is 5.23. The van der Waals surface area contributed by atoms with Crippen LogP contribution < -0.4 is 5.32 Å². The Hall–Kier alpha value is -0.860. The lowest BCUT2D eigenvalue weighted by molar-refractivity contribution is 0.152. The molecule has 2 nitrogen and oxygen atoms in total. The van der Waals surface area contributed by atoms with Crippen molar-refractivity contribution in [3.63, 3.8) is 0 Å². The van der Waals surface area contributed by atoms with E-state index < -0.39 is 0 Å². The third-order valence-electron chi connectivity index (χ3n) is 2.67. The molecule has 84 valence electrons. The van der Waals surface area contributed by atoms with Crippen molar-refractivity contribution in [3.8, 4) is 0 Å². The van der Waals surface area contributed by atoms with Crippen LogP contribution in [0.2, 0.25) is 0 Å². The Balaban J connectivity index is 2.60. The third-order valence-corrected chi connectivity index (χ3v) is 2.67. The van der Waals surface area contributed by atoms with E-state index in [0.29, 0.717) is 5.92 Å². The zero-order valence-electron chi connectivity index (χ0n) is 9.92. The van der Waals surface area contributed by atoms with Crippen LogP contribution in [0.3, 0.4) is 0 Å². The molecule has 0 aliphatic rings. The molecule has 15 heavy (non-hydrogen) atoms. The number of methoxy groups -OCH3 is 1. The summed E-state index contributed by atoms with van der Waals surface area (Å²) < 4.78 is 5.23. The summed E-state index contributed by atoms with van der Waals surface area (Å²) in [7, 11) is 3.75. The van der Waals surface area contributed by atoms with E-state index in [4.69, 9.17) is 4.74 Å². The first-order chi connectivity index (χ1) is 7.27. The van der Waals surface area contributed by atoms with Crippen molar-refractivity contribution in [1.29, 1.82) is 0 Å². The van der Waals surface area contributed by atoms with Crippen molar-refractivity contribution in [2.24, 2.45) is 5.92 Å². The van der Waals surface area contributed by atoms with Crippen molar-refractivity contribution in [3.05, 3.63) is 35.4 Å². The maximum Gasteiger partial charge on any atom is 0.0505 e. The average molecular weight is 207 g/mol. The minimum absolute atomic E-state index is 0.557. The molecule has 1 atom stereocenters. The van der Waals surface area contributed by atoms with Crippen molar-refractivity contribution >= 4 is 0 Å². The fourth-order valence-corrected chi connectivity index (χ4v) is 1.86. The number of rotatable bonds is 6. The summed E-state index contributed by atoms with van der Waals surface area (Å²) in [4.78, 5) is 0. The van der Waals surface area contributed by atoms with Crippen LogP contribution in [0, 0.1) is 12.8 Å². The highest BCUT2D eigenvalue weighted by Gasteiger charge is 2.09. The number of nitrogens with one attached hydrogen (secondary N) is 1. The van der Waals surface area contributed by atoms with E-state index in [1.165, 1.54) is 11.1 Å². The second-order valence-corrected chi connectivity index (χ2v) is 4.01. The van der Waals surface area contributed by atoms with Gasteiger partial charge in [-0.1, -0.05) is 24.3 Å². The summed E-state index contributed by atoms with van der Waals surface area (Å²) in [6.45, 7) is 3.98. The molecule has 0 aliphatic heterocycles. The van der Waals surface area contributed by atoms with Crippen LogP contribution in [0.1, 0.15) is 11.1 Å². The molecular weight excluding hydrogens is 186 g/mol. The molecule has 1 aromatic carbocycles. The summed E-state index contributed by atoms with van der Waals surface area (Å²) in [5, 5.41) is 3.21. The van der Waals surface area contributed by atoms with Gasteiger partial charge in [0.25, 0.3) is 0 Å². The van der Waals surface area contributed by atoms with Crippen LogP contribution in [0.4, 0.5) is 0 Å². The molecule has 0 amide bonds. The van der Waals surface area contributed by atoms with Gasteiger partial charge < -0.3 is 10.1 Å². The van der Waals surface area contributed by atoms with E-state index in [9.17, 15) is 0 Å². The van der Waals surface area contributed by atoms with Crippen LogP contribution in [0.15, 0.2) is 24.3 Å². The van der Waals surface area contributed by atoms with Gasteiger partial charge in [-0.3, -0.25) is 0 Å². The zero-order chi connectivity index (χ0) is 11.1. The van der Waals surface area contributed by atoms with Crippen molar-refractivity contribution in [2.75, 3.05) is 27.3 Å². The number of ether oxygens (including phenoxy) is 1. The van der Waals surface area contributed by atoms with Gasteiger partial charge in [-0.15, -0.1) is 0 Å². The van der Waals surface area contributed by atoms with E-state index in [0.717, 1.165) is 19.6 Å². The van der Waals surface area contributed by atoms with Gasteiger partial charge in [0.15, 0.2) is 0 Å². The quantitative estimate of drug-likeness (QED) is 0.770. The summed E-state index contributed by atoms with van der Waals surface area (Å²) >= 11 is 0. The normalized spacial score (nSPS) is 12.7. The molecule has 0 radical (unpaired) electrons. The topological polar surface area (TPSA) is 21.3 Å². The molecule has 0 bridgehead atoms. The van der Waals surface area contributed by atoms with Crippen LogP contribution >= 0.6 is 0 Å². The van der Waals surface area contributed by atoms with Gasteiger partial charge in [0.1, 0.15) is 0 Å². The average Bonchev–Trinajstić information content (AvgIpc) is 2.22. The number of hydrogen-bond donors (Lipinski definition) is 1. The Morgan fingerprint density at radius 1 is 1.33 bits per heavy atom. The number of benzene rings is 1. The zero-order valence-corrected chi connectivity index (χ0v) is 9.92. The molecule has 0 aliphatic carbocycles. The molecule has 0 heterocycles. The molecule has 1 rings (SSSR count). The first-order valence-electron chi connectivity index (χ1n) is 5.46.